The van der Waals surface area contributed by atoms with Crippen molar-refractivity contribution in [2.24, 2.45) is 5.92 Å². The van der Waals surface area contributed by atoms with Gasteiger partial charge < -0.3 is 4.90 Å². The third-order valence-electron chi connectivity index (χ3n) is 4.84. The second-order valence-electron chi connectivity index (χ2n) is 6.66. The zero-order valence-corrected chi connectivity index (χ0v) is 14.9. The largest absolute Gasteiger partial charge is 0.306 e. The molecule has 1 saturated carbocycles. The molecule has 0 radical (unpaired) electrons. The molecular weight excluding hydrogens is 298 g/mol. The zero-order valence-electron chi connectivity index (χ0n) is 14.1. The van der Waals surface area contributed by atoms with Crippen LogP contribution < -0.4 is 4.90 Å². The SMILES string of the molecule is C=C(CCC1CCCCC1)N(c1ccccc1)c1ccc(C)s1. The van der Waals surface area contributed by atoms with Crippen LogP contribution in [-0.4, -0.2) is 0 Å². The first-order valence-electron chi connectivity index (χ1n) is 8.83. The Morgan fingerprint density at radius 1 is 1.09 bits per heavy atom. The van der Waals surface area contributed by atoms with Crippen molar-refractivity contribution >= 4 is 22.0 Å². The highest BCUT2D eigenvalue weighted by Gasteiger charge is 2.18. The van der Waals surface area contributed by atoms with Crippen molar-refractivity contribution in [3.05, 3.63) is 59.6 Å². The van der Waals surface area contributed by atoms with E-state index in [1.807, 2.05) is 11.3 Å². The lowest BCUT2D eigenvalue weighted by atomic mass is 9.86. The smallest absolute Gasteiger partial charge is 0.0999 e. The maximum absolute atomic E-state index is 4.43. The molecule has 0 bridgehead atoms. The van der Waals surface area contributed by atoms with Crippen LogP contribution >= 0.6 is 11.3 Å². The second-order valence-corrected chi connectivity index (χ2v) is 7.93. The summed E-state index contributed by atoms with van der Waals surface area (Å²) in [5, 5.41) is 1.28. The molecule has 1 aromatic heterocycles. The van der Waals surface area contributed by atoms with Crippen LogP contribution in [0.5, 0.6) is 0 Å². The van der Waals surface area contributed by atoms with E-state index in [0.717, 1.165) is 12.3 Å². The summed E-state index contributed by atoms with van der Waals surface area (Å²) in [6.45, 7) is 6.60. The molecule has 0 unspecified atom stereocenters. The minimum absolute atomic E-state index is 0.906. The number of para-hydroxylation sites is 1. The van der Waals surface area contributed by atoms with E-state index >= 15 is 0 Å². The van der Waals surface area contributed by atoms with Gasteiger partial charge in [0.25, 0.3) is 0 Å². The van der Waals surface area contributed by atoms with Crippen LogP contribution in [0.25, 0.3) is 0 Å². The van der Waals surface area contributed by atoms with Gasteiger partial charge in [0.05, 0.1) is 5.00 Å². The molecule has 2 heteroatoms. The molecule has 1 aliphatic rings. The van der Waals surface area contributed by atoms with Crippen LogP contribution in [0.2, 0.25) is 0 Å². The van der Waals surface area contributed by atoms with Crippen LogP contribution in [0.3, 0.4) is 0 Å². The van der Waals surface area contributed by atoms with E-state index < -0.39 is 0 Å². The molecular formula is C21H27NS. The third-order valence-corrected chi connectivity index (χ3v) is 5.83. The van der Waals surface area contributed by atoms with Crippen LogP contribution in [0.4, 0.5) is 10.7 Å². The van der Waals surface area contributed by atoms with Crippen molar-refractivity contribution in [2.45, 2.75) is 51.9 Å². The molecule has 1 aromatic carbocycles. The first-order valence-corrected chi connectivity index (χ1v) is 9.65. The summed E-state index contributed by atoms with van der Waals surface area (Å²) in [5.74, 6) is 0.906. The molecule has 23 heavy (non-hydrogen) atoms. The molecule has 0 saturated heterocycles. The van der Waals surface area contributed by atoms with E-state index in [4.69, 9.17) is 0 Å². The first-order chi connectivity index (χ1) is 11.2. The Kier molecular flexibility index (Phi) is 5.56. The number of allylic oxidation sites excluding steroid dienone is 1. The average molecular weight is 326 g/mol. The molecule has 0 atom stereocenters. The maximum atomic E-state index is 4.43. The van der Waals surface area contributed by atoms with Crippen molar-refractivity contribution in [2.75, 3.05) is 4.90 Å². The number of benzene rings is 1. The van der Waals surface area contributed by atoms with Crippen LogP contribution in [0.15, 0.2) is 54.7 Å². The topological polar surface area (TPSA) is 3.24 Å². The van der Waals surface area contributed by atoms with Gasteiger partial charge >= 0.3 is 0 Å². The molecule has 0 amide bonds. The Bertz CT molecular complexity index is 622. The Labute approximate surface area is 144 Å². The van der Waals surface area contributed by atoms with Gasteiger partial charge in [0.2, 0.25) is 0 Å². The van der Waals surface area contributed by atoms with E-state index in [9.17, 15) is 0 Å². The highest BCUT2D eigenvalue weighted by atomic mass is 32.1. The van der Waals surface area contributed by atoms with Crippen LogP contribution in [0.1, 0.15) is 49.8 Å². The number of thiophene rings is 1. The minimum atomic E-state index is 0.906. The summed E-state index contributed by atoms with van der Waals surface area (Å²) >= 11 is 1.85. The lowest BCUT2D eigenvalue weighted by Gasteiger charge is -2.28. The standard InChI is InChI=1S/C21H27NS/c1-17(13-15-19-9-5-3-6-10-19)22(20-11-7-4-8-12-20)21-16-14-18(2)23-21/h4,7-8,11-12,14,16,19H,1,3,5-6,9-10,13,15H2,2H3. The summed E-state index contributed by atoms with van der Waals surface area (Å²) in [6.07, 6.45) is 9.48. The molecule has 0 aliphatic heterocycles. The summed E-state index contributed by atoms with van der Waals surface area (Å²) in [5.41, 5.74) is 2.45. The summed E-state index contributed by atoms with van der Waals surface area (Å²) in [7, 11) is 0. The van der Waals surface area contributed by atoms with E-state index in [2.05, 4.69) is 60.9 Å². The predicted octanol–water partition coefficient (Wildman–Crippen LogP) is 7.07. The van der Waals surface area contributed by atoms with Gasteiger partial charge in [-0.1, -0.05) is 56.9 Å². The van der Waals surface area contributed by atoms with E-state index in [-0.39, 0.29) is 0 Å². The summed E-state index contributed by atoms with van der Waals surface area (Å²) in [4.78, 5) is 3.70. The molecule has 2 aromatic rings. The average Bonchev–Trinajstić information content (AvgIpc) is 3.01. The molecule has 0 N–H and O–H groups in total. The second kappa shape index (κ2) is 7.83. The van der Waals surface area contributed by atoms with E-state index in [1.165, 1.54) is 59.8 Å². The van der Waals surface area contributed by atoms with Gasteiger partial charge in [-0.2, -0.15) is 0 Å². The Morgan fingerprint density at radius 3 is 2.48 bits per heavy atom. The highest BCUT2D eigenvalue weighted by Crippen LogP contribution is 2.37. The van der Waals surface area contributed by atoms with Crippen molar-refractivity contribution in [1.82, 2.24) is 0 Å². The Morgan fingerprint density at radius 2 is 1.83 bits per heavy atom. The fraction of sp³-hybridized carbons (Fsp3) is 0.429. The third kappa shape index (κ3) is 4.26. The zero-order chi connectivity index (χ0) is 16.1. The predicted molar refractivity (Wildman–Crippen MR) is 103 cm³/mol. The van der Waals surface area contributed by atoms with Gasteiger partial charge in [-0.25, -0.2) is 0 Å². The molecule has 1 heterocycles. The number of rotatable bonds is 6. The van der Waals surface area contributed by atoms with Crippen molar-refractivity contribution in [1.29, 1.82) is 0 Å². The number of nitrogens with zero attached hydrogens (tertiary/aromatic N) is 1. The van der Waals surface area contributed by atoms with Crippen molar-refractivity contribution in [3.8, 4) is 0 Å². The molecule has 1 nitrogen and oxygen atoms in total. The fourth-order valence-electron chi connectivity index (χ4n) is 3.54. The molecule has 1 fully saturated rings. The van der Waals surface area contributed by atoms with Crippen LogP contribution in [-0.2, 0) is 0 Å². The van der Waals surface area contributed by atoms with Gasteiger partial charge in [0.1, 0.15) is 0 Å². The van der Waals surface area contributed by atoms with Crippen LogP contribution in [0, 0.1) is 12.8 Å². The van der Waals surface area contributed by atoms with Gasteiger partial charge in [-0.05, 0) is 49.9 Å². The van der Waals surface area contributed by atoms with Gasteiger partial charge in [0.15, 0.2) is 0 Å². The maximum Gasteiger partial charge on any atom is 0.0999 e. The van der Waals surface area contributed by atoms with Gasteiger partial charge in [-0.15, -0.1) is 11.3 Å². The quantitative estimate of drug-likeness (QED) is 0.549. The van der Waals surface area contributed by atoms with Crippen molar-refractivity contribution < 1.29 is 0 Å². The number of anilines is 2. The van der Waals surface area contributed by atoms with E-state index in [0.29, 0.717) is 0 Å². The highest BCUT2D eigenvalue weighted by molar-refractivity contribution is 7.16. The molecule has 122 valence electrons. The fourth-order valence-corrected chi connectivity index (χ4v) is 4.47. The molecule has 3 rings (SSSR count). The normalized spacial score (nSPS) is 15.5. The number of hydrogen-bond donors (Lipinski definition) is 0. The Hall–Kier alpha value is -1.54. The lowest BCUT2D eigenvalue weighted by Crippen LogP contribution is -2.16. The Balaban J connectivity index is 1.73. The molecule has 1 aliphatic carbocycles. The van der Waals surface area contributed by atoms with Gasteiger partial charge in [-0.3, -0.25) is 0 Å². The summed E-state index contributed by atoms with van der Waals surface area (Å²) < 4.78 is 0. The van der Waals surface area contributed by atoms with Gasteiger partial charge in [0, 0.05) is 16.3 Å². The number of hydrogen-bond acceptors (Lipinski definition) is 2. The van der Waals surface area contributed by atoms with Crippen molar-refractivity contribution in [3.63, 3.8) is 0 Å². The van der Waals surface area contributed by atoms with E-state index in [1.54, 1.807) is 0 Å². The monoisotopic (exact) mass is 325 g/mol. The molecule has 0 spiro atoms. The lowest BCUT2D eigenvalue weighted by molar-refractivity contribution is 0.339. The first kappa shape index (κ1) is 16.3. The summed E-state index contributed by atoms with van der Waals surface area (Å²) in [6, 6.07) is 15.1. The minimum Gasteiger partial charge on any atom is -0.306 e. The number of aryl methyl sites for hydroxylation is 1.